The predicted octanol–water partition coefficient (Wildman–Crippen LogP) is 5.21. The summed E-state index contributed by atoms with van der Waals surface area (Å²) in [5.41, 5.74) is 5.22. The van der Waals surface area contributed by atoms with Crippen LogP contribution in [-0.4, -0.2) is 14.1 Å². The van der Waals surface area contributed by atoms with Crippen LogP contribution in [0.25, 0.3) is 0 Å². The maximum atomic E-state index is 3.71. The van der Waals surface area contributed by atoms with E-state index in [1.165, 1.54) is 11.1 Å². The molecule has 0 spiro atoms. The molecule has 0 heterocycles. The Bertz CT molecular complexity index is 541. The second-order valence-electron chi connectivity index (χ2n) is 7.22. The predicted molar refractivity (Wildman–Crippen MR) is 104 cm³/mol. The minimum Gasteiger partial charge on any atom is -0.306 e. The lowest BCUT2D eigenvalue weighted by Gasteiger charge is -2.18. The van der Waals surface area contributed by atoms with Gasteiger partial charge in [-0.2, -0.15) is 0 Å². The first-order valence-corrected chi connectivity index (χ1v) is 12.1. The Morgan fingerprint density at radius 3 is 2.00 bits per heavy atom. The highest BCUT2D eigenvalue weighted by molar-refractivity contribution is 6.80. The lowest BCUT2D eigenvalue weighted by molar-refractivity contribution is 0.556. The van der Waals surface area contributed by atoms with E-state index in [2.05, 4.69) is 97.4 Å². The van der Waals surface area contributed by atoms with Crippen LogP contribution in [0.2, 0.25) is 19.6 Å². The fraction of sp³-hybridized carbons (Fsp3) is 0.333. The molecule has 2 heteroatoms. The van der Waals surface area contributed by atoms with Gasteiger partial charge < -0.3 is 5.32 Å². The SMILES string of the molecule is C[Si](C)(C)/C=C/C(CCc1ccccc1)NCc1ccccc1. The quantitative estimate of drug-likeness (QED) is 0.657. The minimum atomic E-state index is -1.16. The summed E-state index contributed by atoms with van der Waals surface area (Å²) >= 11 is 0. The molecule has 0 aromatic heterocycles. The third-order valence-electron chi connectivity index (χ3n) is 3.83. The summed E-state index contributed by atoms with van der Waals surface area (Å²) in [5, 5.41) is 3.71. The van der Waals surface area contributed by atoms with Gasteiger partial charge in [0.1, 0.15) is 0 Å². The Morgan fingerprint density at radius 2 is 1.43 bits per heavy atom. The second-order valence-corrected chi connectivity index (χ2v) is 12.3. The first-order chi connectivity index (χ1) is 11.0. The van der Waals surface area contributed by atoms with Gasteiger partial charge in [0.05, 0.1) is 8.07 Å². The molecule has 0 saturated heterocycles. The van der Waals surface area contributed by atoms with Crippen LogP contribution in [0.4, 0.5) is 0 Å². The third-order valence-corrected chi connectivity index (χ3v) is 5.02. The fourth-order valence-corrected chi connectivity index (χ4v) is 3.29. The molecule has 1 nitrogen and oxygen atoms in total. The van der Waals surface area contributed by atoms with Gasteiger partial charge in [-0.3, -0.25) is 0 Å². The Morgan fingerprint density at radius 1 is 0.870 bits per heavy atom. The number of aryl methyl sites for hydroxylation is 1. The highest BCUT2D eigenvalue weighted by Crippen LogP contribution is 2.10. The monoisotopic (exact) mass is 323 g/mol. The van der Waals surface area contributed by atoms with E-state index in [0.29, 0.717) is 6.04 Å². The standard InChI is InChI=1S/C21H29NSi/c1-23(2,3)17-16-21(15-14-19-10-6-4-7-11-19)22-18-20-12-8-5-9-13-20/h4-13,16-17,21-22H,14-15,18H2,1-3H3/b17-16+. The molecule has 1 atom stereocenters. The van der Waals surface area contributed by atoms with Crippen LogP contribution in [0, 0.1) is 0 Å². The van der Waals surface area contributed by atoms with Crippen molar-refractivity contribution in [3.63, 3.8) is 0 Å². The highest BCUT2D eigenvalue weighted by atomic mass is 28.3. The fourth-order valence-electron chi connectivity index (χ4n) is 2.48. The van der Waals surface area contributed by atoms with Crippen molar-refractivity contribution in [3.8, 4) is 0 Å². The average molecular weight is 324 g/mol. The lowest BCUT2D eigenvalue weighted by Crippen LogP contribution is -2.28. The number of hydrogen-bond donors (Lipinski definition) is 1. The minimum absolute atomic E-state index is 0.433. The molecule has 2 aromatic carbocycles. The van der Waals surface area contributed by atoms with E-state index in [9.17, 15) is 0 Å². The Hall–Kier alpha value is -1.64. The first kappa shape index (κ1) is 17.7. The summed E-state index contributed by atoms with van der Waals surface area (Å²) in [6, 6.07) is 21.9. The van der Waals surface area contributed by atoms with E-state index in [-0.39, 0.29) is 0 Å². The van der Waals surface area contributed by atoms with Crippen LogP contribution < -0.4 is 5.32 Å². The van der Waals surface area contributed by atoms with E-state index in [4.69, 9.17) is 0 Å². The molecule has 1 N–H and O–H groups in total. The Balaban J connectivity index is 1.95. The van der Waals surface area contributed by atoms with Crippen molar-refractivity contribution in [2.75, 3.05) is 0 Å². The smallest absolute Gasteiger partial charge is 0.0683 e. The van der Waals surface area contributed by atoms with E-state index in [1.54, 1.807) is 0 Å². The maximum Gasteiger partial charge on any atom is 0.0683 e. The zero-order chi connectivity index (χ0) is 16.5. The van der Waals surface area contributed by atoms with E-state index in [0.717, 1.165) is 19.4 Å². The largest absolute Gasteiger partial charge is 0.306 e. The van der Waals surface area contributed by atoms with Crippen LogP contribution in [0.1, 0.15) is 17.5 Å². The molecule has 0 aliphatic heterocycles. The molecule has 1 unspecified atom stereocenters. The third kappa shape index (κ3) is 7.44. The molecule has 0 amide bonds. The van der Waals surface area contributed by atoms with Gasteiger partial charge in [-0.15, -0.1) is 0 Å². The van der Waals surface area contributed by atoms with Gasteiger partial charge >= 0.3 is 0 Å². The van der Waals surface area contributed by atoms with Crippen LogP contribution in [0.3, 0.4) is 0 Å². The van der Waals surface area contributed by atoms with Crippen LogP contribution >= 0.6 is 0 Å². The molecular weight excluding hydrogens is 294 g/mol. The van der Waals surface area contributed by atoms with Gasteiger partial charge in [0.15, 0.2) is 0 Å². The van der Waals surface area contributed by atoms with Gasteiger partial charge in [-0.05, 0) is 24.0 Å². The van der Waals surface area contributed by atoms with Crippen molar-refractivity contribution in [1.29, 1.82) is 0 Å². The van der Waals surface area contributed by atoms with Gasteiger partial charge in [0.2, 0.25) is 0 Å². The number of rotatable bonds is 8. The van der Waals surface area contributed by atoms with Gasteiger partial charge in [0, 0.05) is 12.6 Å². The zero-order valence-corrected chi connectivity index (χ0v) is 15.6. The van der Waals surface area contributed by atoms with E-state index in [1.807, 2.05) is 0 Å². The van der Waals surface area contributed by atoms with Crippen molar-refractivity contribution in [2.24, 2.45) is 0 Å². The van der Waals surface area contributed by atoms with Crippen LogP contribution in [0.15, 0.2) is 72.4 Å². The molecular formula is C21H29NSi. The number of benzene rings is 2. The van der Waals surface area contributed by atoms with Crippen molar-refractivity contribution in [3.05, 3.63) is 83.6 Å². The van der Waals surface area contributed by atoms with Crippen LogP contribution in [0.5, 0.6) is 0 Å². The van der Waals surface area contributed by atoms with E-state index >= 15 is 0 Å². The molecule has 23 heavy (non-hydrogen) atoms. The van der Waals surface area contributed by atoms with E-state index < -0.39 is 8.07 Å². The zero-order valence-electron chi connectivity index (χ0n) is 14.6. The van der Waals surface area contributed by atoms with Gasteiger partial charge in [-0.1, -0.05) is 92.1 Å². The molecule has 0 bridgehead atoms. The van der Waals surface area contributed by atoms with Gasteiger partial charge in [-0.25, -0.2) is 0 Å². The molecule has 0 radical (unpaired) electrons. The van der Waals surface area contributed by atoms with Crippen molar-refractivity contribution in [1.82, 2.24) is 5.32 Å². The summed E-state index contributed by atoms with van der Waals surface area (Å²) in [4.78, 5) is 0. The highest BCUT2D eigenvalue weighted by Gasteiger charge is 2.10. The molecule has 2 rings (SSSR count). The van der Waals surface area contributed by atoms with Crippen molar-refractivity contribution >= 4 is 8.07 Å². The first-order valence-electron chi connectivity index (χ1n) is 8.53. The normalized spacial score (nSPS) is 13.3. The molecule has 0 aliphatic rings. The topological polar surface area (TPSA) is 12.0 Å². The summed E-state index contributed by atoms with van der Waals surface area (Å²) in [6.45, 7) is 8.08. The van der Waals surface area contributed by atoms with Gasteiger partial charge in [0.25, 0.3) is 0 Å². The van der Waals surface area contributed by atoms with Crippen LogP contribution in [-0.2, 0) is 13.0 Å². The molecule has 2 aromatic rings. The molecule has 0 fully saturated rings. The maximum absolute atomic E-state index is 3.71. The lowest BCUT2D eigenvalue weighted by atomic mass is 10.0. The Kier molecular flexibility index (Phi) is 6.81. The molecule has 0 saturated carbocycles. The molecule has 0 aliphatic carbocycles. The summed E-state index contributed by atoms with van der Waals surface area (Å²) in [7, 11) is -1.16. The summed E-state index contributed by atoms with van der Waals surface area (Å²) in [6.07, 6.45) is 4.65. The second kappa shape index (κ2) is 8.85. The summed E-state index contributed by atoms with van der Waals surface area (Å²) in [5.74, 6) is 0. The molecule has 122 valence electrons. The summed E-state index contributed by atoms with van der Waals surface area (Å²) < 4.78 is 0. The Labute approximate surface area is 142 Å². The number of hydrogen-bond acceptors (Lipinski definition) is 1. The van der Waals surface area contributed by atoms with Crippen molar-refractivity contribution in [2.45, 2.75) is 45.1 Å². The average Bonchev–Trinajstić information content (AvgIpc) is 2.55. The van der Waals surface area contributed by atoms with Crippen molar-refractivity contribution < 1.29 is 0 Å². The number of nitrogens with one attached hydrogen (secondary N) is 1.